The lowest BCUT2D eigenvalue weighted by molar-refractivity contribution is -0.0137. The van der Waals surface area contributed by atoms with Crippen LogP contribution in [0.1, 0.15) is 62.2 Å². The number of hydrogen-bond donors (Lipinski definition) is 2. The van der Waals surface area contributed by atoms with E-state index in [0.717, 1.165) is 43.3 Å². The highest BCUT2D eigenvalue weighted by molar-refractivity contribution is 8.00. The van der Waals surface area contributed by atoms with Gasteiger partial charge in [-0.3, -0.25) is 4.79 Å². The van der Waals surface area contributed by atoms with E-state index in [1.54, 1.807) is 11.0 Å². The summed E-state index contributed by atoms with van der Waals surface area (Å²) in [6.45, 7) is 1.83. The summed E-state index contributed by atoms with van der Waals surface area (Å²) in [7, 11) is 0.118. The van der Waals surface area contributed by atoms with Gasteiger partial charge in [0.15, 0.2) is 0 Å². The van der Waals surface area contributed by atoms with Crippen LogP contribution in [0.2, 0.25) is 0 Å². The van der Waals surface area contributed by atoms with Gasteiger partial charge >= 0.3 is 0 Å². The van der Waals surface area contributed by atoms with Crippen LogP contribution in [0.25, 0.3) is 10.6 Å². The molecule has 1 amide bonds. The first-order chi connectivity index (χ1) is 18.0. The van der Waals surface area contributed by atoms with Crippen molar-refractivity contribution < 1.29 is 22.4 Å². The van der Waals surface area contributed by atoms with Crippen LogP contribution in [0, 0.1) is 23.0 Å². The first-order valence-corrected chi connectivity index (χ1v) is 14.7. The molecule has 1 aliphatic carbocycles. The Morgan fingerprint density at radius 3 is 2.63 bits per heavy atom. The third-order valence-corrected chi connectivity index (χ3v) is 9.52. The van der Waals surface area contributed by atoms with E-state index < -0.39 is 23.5 Å². The number of nitrogen functional groups attached to an aromatic ring is 1. The van der Waals surface area contributed by atoms with Gasteiger partial charge in [-0.25, -0.2) is 22.5 Å². The predicted molar refractivity (Wildman–Crippen MR) is 146 cm³/mol. The molecule has 11 heteroatoms. The minimum atomic E-state index is -2.70. The summed E-state index contributed by atoms with van der Waals surface area (Å²) in [4.78, 5) is 19.6. The third kappa shape index (κ3) is 6.40. The number of amides is 1. The van der Waals surface area contributed by atoms with E-state index in [0.29, 0.717) is 59.9 Å². The molecule has 2 fully saturated rings. The number of nitrogens with zero attached hydrogens (tertiary/aromatic N) is 2. The van der Waals surface area contributed by atoms with Gasteiger partial charge in [0.1, 0.15) is 17.2 Å². The van der Waals surface area contributed by atoms with E-state index in [1.807, 2.05) is 0 Å². The molecule has 5 nitrogen and oxygen atoms in total. The predicted octanol–water partition coefficient (Wildman–Crippen LogP) is 7.70. The quantitative estimate of drug-likeness (QED) is 0.205. The fourth-order valence-electron chi connectivity index (χ4n) is 5.34. The number of hydrogen-bond acceptors (Lipinski definition) is 5. The van der Waals surface area contributed by atoms with Gasteiger partial charge in [0.05, 0.1) is 16.0 Å². The smallest absolute Gasteiger partial charge is 0.256 e. The normalized spacial score (nSPS) is 17.9. The lowest BCUT2D eigenvalue weighted by atomic mass is 9.70. The van der Waals surface area contributed by atoms with Gasteiger partial charge in [0.2, 0.25) is 5.92 Å². The maximum atomic E-state index is 15.0. The van der Waals surface area contributed by atoms with Gasteiger partial charge in [0.25, 0.3) is 5.91 Å². The van der Waals surface area contributed by atoms with Crippen LogP contribution < -0.4 is 10.5 Å². The zero-order valence-corrected chi connectivity index (χ0v) is 22.9. The second-order valence-corrected chi connectivity index (χ2v) is 13.0. The molecule has 0 radical (unpaired) electrons. The van der Waals surface area contributed by atoms with Crippen molar-refractivity contribution in [3.8, 4) is 0 Å². The summed E-state index contributed by atoms with van der Waals surface area (Å²) in [5.74, 6) is -3.54. The molecule has 2 aliphatic rings. The van der Waals surface area contributed by atoms with Gasteiger partial charge in [-0.15, -0.1) is 0 Å². The molecule has 2 heterocycles. The van der Waals surface area contributed by atoms with Gasteiger partial charge < -0.3 is 15.4 Å². The molecule has 0 bridgehead atoms. The molecule has 1 aliphatic heterocycles. The summed E-state index contributed by atoms with van der Waals surface area (Å²) in [5.41, 5.74) is 7.07. The van der Waals surface area contributed by atoms with Gasteiger partial charge in [-0.1, -0.05) is 21.0 Å². The van der Waals surface area contributed by atoms with Crippen molar-refractivity contribution >= 4 is 47.9 Å². The lowest BCUT2D eigenvalue weighted by Crippen LogP contribution is -2.44. The minimum Gasteiger partial charge on any atom is -0.381 e. The maximum Gasteiger partial charge on any atom is 0.256 e. The van der Waals surface area contributed by atoms with Crippen LogP contribution in [0.5, 0.6) is 0 Å². The van der Waals surface area contributed by atoms with Crippen LogP contribution >= 0.6 is 20.1 Å². The largest absolute Gasteiger partial charge is 0.381 e. The molecule has 3 N–H and O–H groups in total. The lowest BCUT2D eigenvalue weighted by Gasteiger charge is -2.43. The van der Waals surface area contributed by atoms with E-state index in [2.05, 4.69) is 9.71 Å². The second-order valence-electron chi connectivity index (χ2n) is 10.8. The Morgan fingerprint density at radius 1 is 1.24 bits per heavy atom. The fourth-order valence-corrected chi connectivity index (χ4v) is 7.18. The van der Waals surface area contributed by atoms with Crippen molar-refractivity contribution in [3.63, 3.8) is 0 Å². The van der Waals surface area contributed by atoms with Crippen molar-refractivity contribution in [3.05, 3.63) is 47.5 Å². The van der Waals surface area contributed by atoms with E-state index >= 15 is 4.39 Å². The number of likely N-dealkylation sites (tertiary alicyclic amines) is 1. The summed E-state index contributed by atoms with van der Waals surface area (Å²) in [6.07, 6.45) is 4.87. The molecule has 3 aromatic rings. The molecule has 5 rings (SSSR count). The van der Waals surface area contributed by atoms with E-state index in [1.165, 1.54) is 24.3 Å². The summed E-state index contributed by atoms with van der Waals surface area (Å²) in [5, 5.41) is 0.727. The number of carbonyl (C=O) groups excluding carboxylic acids is 1. The summed E-state index contributed by atoms with van der Waals surface area (Å²) in [6, 6.07) is 7.05. The zero-order chi connectivity index (χ0) is 27.1. The SMILES string of the molecule is CC(F)(F)CCC1(CC2CC2)CCN(C(=O)c2ccc(NSc3cc(F)cc4[pH]c(N)nc34)cc2F)CC1. The minimum absolute atomic E-state index is 0.0273. The number of halogens is 4. The van der Waals surface area contributed by atoms with Gasteiger partial charge in [-0.05, 0) is 86.2 Å². The van der Waals surface area contributed by atoms with Crippen molar-refractivity contribution in [2.45, 2.75) is 62.7 Å². The fraction of sp³-hybridized carbons (Fsp3) is 0.481. The molecule has 2 aromatic carbocycles. The number of carbonyl (C=O) groups is 1. The van der Waals surface area contributed by atoms with Crippen molar-refractivity contribution in [1.82, 2.24) is 9.88 Å². The molecule has 204 valence electrons. The zero-order valence-electron chi connectivity index (χ0n) is 21.1. The van der Waals surface area contributed by atoms with Crippen LogP contribution in [-0.2, 0) is 0 Å². The number of benzene rings is 2. The number of piperidine rings is 1. The monoisotopic (exact) mass is 566 g/mol. The number of rotatable bonds is 9. The van der Waals surface area contributed by atoms with Crippen LogP contribution in [0.15, 0.2) is 35.2 Å². The molecule has 1 saturated heterocycles. The first-order valence-electron chi connectivity index (χ1n) is 12.8. The molecular formula is C27H31F4N4OPS. The van der Waals surface area contributed by atoms with E-state index in [-0.39, 0.29) is 25.6 Å². The van der Waals surface area contributed by atoms with Crippen LogP contribution in [0.3, 0.4) is 0 Å². The van der Waals surface area contributed by atoms with Crippen molar-refractivity contribution in [1.29, 1.82) is 0 Å². The number of anilines is 2. The van der Waals surface area contributed by atoms with E-state index in [9.17, 15) is 18.0 Å². The average molecular weight is 567 g/mol. The number of fused-ring (bicyclic) bond motifs is 1. The highest BCUT2D eigenvalue weighted by Crippen LogP contribution is 2.49. The molecule has 0 spiro atoms. The number of alkyl halides is 2. The summed E-state index contributed by atoms with van der Waals surface area (Å²) < 4.78 is 59.2. The highest BCUT2D eigenvalue weighted by Gasteiger charge is 2.42. The van der Waals surface area contributed by atoms with Gasteiger partial charge in [0, 0.05) is 30.3 Å². The average Bonchev–Trinajstić information content (AvgIpc) is 3.58. The van der Waals surface area contributed by atoms with Crippen LogP contribution in [0.4, 0.5) is 28.8 Å². The van der Waals surface area contributed by atoms with Crippen molar-refractivity contribution in [2.75, 3.05) is 23.5 Å². The Hall–Kier alpha value is -2.45. The number of nitrogens with two attached hydrogens (primary N) is 1. The Kier molecular flexibility index (Phi) is 7.57. The maximum absolute atomic E-state index is 15.0. The Labute approximate surface area is 225 Å². The molecular weight excluding hydrogens is 535 g/mol. The topological polar surface area (TPSA) is 71.2 Å². The second kappa shape index (κ2) is 10.6. The summed E-state index contributed by atoms with van der Waals surface area (Å²) >= 11 is 1.10. The number of nitrogens with one attached hydrogen (secondary N) is 1. The molecule has 1 aromatic heterocycles. The Bertz CT molecular complexity index is 1330. The first kappa shape index (κ1) is 27.1. The van der Waals surface area contributed by atoms with Crippen molar-refractivity contribution in [2.24, 2.45) is 11.3 Å². The molecule has 1 atom stereocenters. The Balaban J connectivity index is 1.22. The van der Waals surface area contributed by atoms with E-state index in [4.69, 9.17) is 5.73 Å². The Morgan fingerprint density at radius 2 is 1.97 bits per heavy atom. The third-order valence-electron chi connectivity index (χ3n) is 7.64. The molecule has 1 unspecified atom stereocenters. The van der Waals surface area contributed by atoms with Crippen LogP contribution in [-0.4, -0.2) is 34.8 Å². The molecule has 38 heavy (non-hydrogen) atoms. The highest BCUT2D eigenvalue weighted by atomic mass is 32.2. The van der Waals surface area contributed by atoms with Gasteiger partial charge in [-0.2, -0.15) is 0 Å². The number of aromatic nitrogens is 1. The molecule has 1 saturated carbocycles. The standard InChI is InChI=1S/C27H31F4N4OPS/c1-26(30,31)6-7-27(15-16-2-3-16)8-10-35(11-9-27)24(36)19-5-4-18(14-20(19)29)34-38-22-13-17(28)12-21-23(22)33-25(32)37-21/h4-5,12-14,16,34,37H,2-3,6-11,15H2,1H3,(H2,32,33).